The highest BCUT2D eigenvalue weighted by atomic mass is 32.2. The van der Waals surface area contributed by atoms with Crippen molar-refractivity contribution in [3.8, 4) is 0 Å². The first-order valence-electron chi connectivity index (χ1n) is 9.21. The maximum atomic E-state index is 12.3. The van der Waals surface area contributed by atoms with Crippen LogP contribution in [0.15, 0.2) is 18.2 Å². The molecule has 2 amide bonds. The lowest BCUT2D eigenvalue weighted by Gasteiger charge is -2.33. The molecule has 0 aliphatic carbocycles. The molecule has 0 aromatic heterocycles. The maximum Gasteiger partial charge on any atom is 0.338 e. The monoisotopic (exact) mass is 407 g/mol. The number of ether oxygens (including phenoxy) is 1. The fourth-order valence-electron chi connectivity index (χ4n) is 3.95. The third-order valence-electron chi connectivity index (χ3n) is 5.29. The van der Waals surface area contributed by atoms with Crippen molar-refractivity contribution in [3.63, 3.8) is 0 Å². The van der Waals surface area contributed by atoms with E-state index in [-0.39, 0.29) is 29.0 Å². The van der Waals surface area contributed by atoms with Crippen LogP contribution in [0.5, 0.6) is 0 Å². The molecule has 9 nitrogen and oxygen atoms in total. The molecule has 0 unspecified atom stereocenters. The van der Waals surface area contributed by atoms with Crippen molar-refractivity contribution in [1.82, 2.24) is 5.32 Å². The molecule has 150 valence electrons. The lowest BCUT2D eigenvalue weighted by atomic mass is 10.1. The zero-order valence-corrected chi connectivity index (χ0v) is 16.0. The third-order valence-corrected chi connectivity index (χ3v) is 7.05. The molecule has 3 heterocycles. The Morgan fingerprint density at radius 2 is 2.11 bits per heavy atom. The highest BCUT2D eigenvalue weighted by molar-refractivity contribution is 7.91. The fraction of sp³-hybridized carbons (Fsp3) is 0.500. The van der Waals surface area contributed by atoms with Crippen molar-refractivity contribution in [3.05, 3.63) is 23.8 Å². The molecule has 2 N–H and O–H groups in total. The first-order valence-corrected chi connectivity index (χ1v) is 11.0. The van der Waals surface area contributed by atoms with E-state index in [1.807, 2.05) is 4.90 Å². The summed E-state index contributed by atoms with van der Waals surface area (Å²) in [7, 11) is -3.10. The standard InChI is InChI=1S/C18H21N3O6S/c22-16(19-12-5-7-28(25,26)10-12)9-27-18(24)11-3-4-14-13(8-11)20-17(23)15-2-1-6-21(14)15/h3-4,8,12,15H,1-2,5-7,9-10H2,(H,19,22)(H,20,23)/t12-,15+/m0/s1. The normalized spacial score (nSPS) is 24.9. The first-order chi connectivity index (χ1) is 13.3. The summed E-state index contributed by atoms with van der Waals surface area (Å²) in [5.74, 6) is -1.34. The van der Waals surface area contributed by atoms with E-state index < -0.39 is 34.4 Å². The van der Waals surface area contributed by atoms with Gasteiger partial charge in [-0.05, 0) is 37.5 Å². The van der Waals surface area contributed by atoms with E-state index in [1.165, 1.54) is 0 Å². The van der Waals surface area contributed by atoms with Gasteiger partial charge in [0.05, 0.1) is 28.4 Å². The molecule has 2 fully saturated rings. The van der Waals surface area contributed by atoms with Crippen molar-refractivity contribution in [2.45, 2.75) is 31.3 Å². The molecule has 3 aliphatic heterocycles. The van der Waals surface area contributed by atoms with Gasteiger partial charge in [-0.1, -0.05) is 0 Å². The van der Waals surface area contributed by atoms with E-state index in [4.69, 9.17) is 4.74 Å². The topological polar surface area (TPSA) is 122 Å². The Morgan fingerprint density at radius 3 is 2.86 bits per heavy atom. The predicted molar refractivity (Wildman–Crippen MR) is 101 cm³/mol. The number of hydrogen-bond donors (Lipinski definition) is 2. The Labute approximate surface area is 162 Å². The quantitative estimate of drug-likeness (QED) is 0.677. The number of amides is 2. The number of anilines is 2. The Balaban J connectivity index is 1.36. The summed E-state index contributed by atoms with van der Waals surface area (Å²) in [6.45, 7) is 0.305. The number of rotatable bonds is 4. The summed E-state index contributed by atoms with van der Waals surface area (Å²) < 4.78 is 27.9. The molecule has 1 aromatic carbocycles. The van der Waals surface area contributed by atoms with Gasteiger partial charge in [-0.3, -0.25) is 9.59 Å². The molecule has 2 atom stereocenters. The van der Waals surface area contributed by atoms with Crippen LogP contribution >= 0.6 is 0 Å². The van der Waals surface area contributed by atoms with Gasteiger partial charge in [0.15, 0.2) is 16.4 Å². The molecular weight excluding hydrogens is 386 g/mol. The van der Waals surface area contributed by atoms with Crippen molar-refractivity contribution in [2.24, 2.45) is 0 Å². The predicted octanol–water partition coefficient (Wildman–Crippen LogP) is 0.0676. The minimum atomic E-state index is -3.10. The van der Waals surface area contributed by atoms with Crippen LogP contribution in [0.3, 0.4) is 0 Å². The summed E-state index contributed by atoms with van der Waals surface area (Å²) in [6, 6.07) is 4.32. The number of nitrogens with one attached hydrogen (secondary N) is 2. The first kappa shape index (κ1) is 18.7. The summed E-state index contributed by atoms with van der Waals surface area (Å²) >= 11 is 0. The summed E-state index contributed by atoms with van der Waals surface area (Å²) in [5, 5.41) is 5.39. The Bertz CT molecular complexity index is 945. The Hall–Kier alpha value is -2.62. The summed E-state index contributed by atoms with van der Waals surface area (Å²) in [6.07, 6.45) is 2.12. The molecule has 1 aromatic rings. The van der Waals surface area contributed by atoms with E-state index in [1.54, 1.807) is 18.2 Å². The zero-order valence-electron chi connectivity index (χ0n) is 15.1. The second kappa shape index (κ2) is 7.08. The Morgan fingerprint density at radius 1 is 1.29 bits per heavy atom. The van der Waals surface area contributed by atoms with Gasteiger partial charge in [0, 0.05) is 12.6 Å². The molecule has 2 saturated heterocycles. The second-order valence-electron chi connectivity index (χ2n) is 7.32. The number of fused-ring (bicyclic) bond motifs is 3. The minimum Gasteiger partial charge on any atom is -0.452 e. The van der Waals surface area contributed by atoms with E-state index >= 15 is 0 Å². The highest BCUT2D eigenvalue weighted by Crippen LogP contribution is 2.37. The number of esters is 1. The molecule has 0 saturated carbocycles. The van der Waals surface area contributed by atoms with E-state index in [0.29, 0.717) is 12.1 Å². The van der Waals surface area contributed by atoms with Crippen molar-refractivity contribution >= 4 is 39.0 Å². The van der Waals surface area contributed by atoms with Crippen LogP contribution < -0.4 is 15.5 Å². The van der Waals surface area contributed by atoms with Gasteiger partial charge < -0.3 is 20.3 Å². The van der Waals surface area contributed by atoms with E-state index in [9.17, 15) is 22.8 Å². The van der Waals surface area contributed by atoms with Gasteiger partial charge in [0.25, 0.3) is 5.91 Å². The van der Waals surface area contributed by atoms with Gasteiger partial charge >= 0.3 is 5.97 Å². The molecule has 28 heavy (non-hydrogen) atoms. The fourth-order valence-corrected chi connectivity index (χ4v) is 5.62. The van der Waals surface area contributed by atoms with Gasteiger partial charge in [-0.2, -0.15) is 0 Å². The average molecular weight is 407 g/mol. The van der Waals surface area contributed by atoms with Crippen LogP contribution in [0, 0.1) is 0 Å². The lowest BCUT2D eigenvalue weighted by Crippen LogP contribution is -2.43. The molecule has 0 radical (unpaired) electrons. The molecule has 3 aliphatic rings. The second-order valence-corrected chi connectivity index (χ2v) is 9.54. The lowest BCUT2D eigenvalue weighted by molar-refractivity contribution is -0.124. The minimum absolute atomic E-state index is 0.0520. The molecule has 0 spiro atoms. The van der Waals surface area contributed by atoms with Gasteiger partial charge in [-0.25, -0.2) is 13.2 Å². The number of nitrogens with zero attached hydrogens (tertiary/aromatic N) is 1. The van der Waals surface area contributed by atoms with Crippen molar-refractivity contribution in [1.29, 1.82) is 0 Å². The van der Waals surface area contributed by atoms with Crippen LogP contribution in [-0.4, -0.2) is 62.9 Å². The van der Waals surface area contributed by atoms with Crippen molar-refractivity contribution < 1.29 is 27.5 Å². The van der Waals surface area contributed by atoms with Crippen molar-refractivity contribution in [2.75, 3.05) is 34.9 Å². The SMILES string of the molecule is O=C(COC(=O)c1ccc2c(c1)NC(=O)[C@H]1CCCN21)N[C@H]1CCS(=O)(=O)C1. The van der Waals surface area contributed by atoms with Crippen LogP contribution in [0.25, 0.3) is 0 Å². The molecule has 0 bridgehead atoms. The van der Waals surface area contributed by atoms with Crippen LogP contribution in [0.2, 0.25) is 0 Å². The number of hydrogen-bond acceptors (Lipinski definition) is 7. The summed E-state index contributed by atoms with van der Waals surface area (Å²) in [5.41, 5.74) is 1.66. The number of carbonyl (C=O) groups excluding carboxylic acids is 3. The van der Waals surface area contributed by atoms with Crippen LogP contribution in [0.4, 0.5) is 11.4 Å². The molecule has 4 rings (SSSR count). The third kappa shape index (κ3) is 3.68. The number of carbonyl (C=O) groups is 3. The smallest absolute Gasteiger partial charge is 0.338 e. The van der Waals surface area contributed by atoms with Crippen LogP contribution in [-0.2, 0) is 24.2 Å². The number of benzene rings is 1. The average Bonchev–Trinajstić information content (AvgIpc) is 3.26. The number of sulfone groups is 1. The van der Waals surface area contributed by atoms with Crippen LogP contribution in [0.1, 0.15) is 29.6 Å². The largest absolute Gasteiger partial charge is 0.452 e. The van der Waals surface area contributed by atoms with E-state index in [2.05, 4.69) is 10.6 Å². The highest BCUT2D eigenvalue weighted by Gasteiger charge is 2.36. The van der Waals surface area contributed by atoms with Gasteiger partial charge in [-0.15, -0.1) is 0 Å². The zero-order chi connectivity index (χ0) is 19.9. The summed E-state index contributed by atoms with van der Waals surface area (Å²) in [4.78, 5) is 38.4. The Kier molecular flexibility index (Phi) is 4.74. The molecule has 10 heteroatoms. The van der Waals surface area contributed by atoms with E-state index in [0.717, 1.165) is 25.1 Å². The van der Waals surface area contributed by atoms with Gasteiger partial charge in [0.2, 0.25) is 5.91 Å². The maximum absolute atomic E-state index is 12.3. The van der Waals surface area contributed by atoms with Gasteiger partial charge in [0.1, 0.15) is 6.04 Å². The molecular formula is C18H21N3O6S.